The van der Waals surface area contributed by atoms with Gasteiger partial charge in [-0.2, -0.15) is 0 Å². The highest BCUT2D eigenvalue weighted by atomic mass is 35.5. The molecule has 0 bridgehead atoms. The Balaban J connectivity index is 2.12. The van der Waals surface area contributed by atoms with E-state index in [2.05, 4.69) is 5.32 Å². The molecule has 0 unspecified atom stereocenters. The van der Waals surface area contributed by atoms with Crippen LogP contribution in [0.4, 0.5) is 5.69 Å². The Morgan fingerprint density at radius 2 is 1.68 bits per heavy atom. The van der Waals surface area contributed by atoms with Gasteiger partial charge in [0.1, 0.15) is 5.60 Å². The molecule has 1 atom stereocenters. The molecule has 0 aliphatic heterocycles. The summed E-state index contributed by atoms with van der Waals surface area (Å²) in [6, 6.07) is 16.8. The highest BCUT2D eigenvalue weighted by Gasteiger charge is 2.27. The van der Waals surface area contributed by atoms with Crippen molar-refractivity contribution < 1.29 is 5.11 Å². The van der Waals surface area contributed by atoms with E-state index in [0.717, 1.165) is 11.3 Å². The van der Waals surface area contributed by atoms with E-state index in [1.807, 2.05) is 30.3 Å². The van der Waals surface area contributed by atoms with E-state index in [4.69, 9.17) is 17.3 Å². The molecule has 2 aromatic rings. The summed E-state index contributed by atoms with van der Waals surface area (Å²) < 4.78 is 0. The molecule has 0 fully saturated rings. The molecule has 0 aliphatic rings. The molecule has 2 aromatic carbocycles. The van der Waals surface area contributed by atoms with E-state index in [1.54, 1.807) is 24.3 Å². The maximum atomic E-state index is 10.6. The molecule has 19 heavy (non-hydrogen) atoms. The maximum absolute atomic E-state index is 10.6. The number of nitrogens with one attached hydrogen (secondary N) is 1. The van der Waals surface area contributed by atoms with E-state index in [-0.39, 0.29) is 6.54 Å². The minimum absolute atomic E-state index is 0.133. The van der Waals surface area contributed by atoms with Crippen LogP contribution in [0.25, 0.3) is 0 Å². The number of benzene rings is 2. The predicted octanol–water partition coefficient (Wildman–Crippen LogP) is 2.60. The summed E-state index contributed by atoms with van der Waals surface area (Å²) in [5, 5.41) is 14.4. The molecule has 0 saturated heterocycles. The number of rotatable bonds is 5. The monoisotopic (exact) mass is 276 g/mol. The van der Waals surface area contributed by atoms with Gasteiger partial charge >= 0.3 is 0 Å². The van der Waals surface area contributed by atoms with Crippen molar-refractivity contribution in [2.24, 2.45) is 5.73 Å². The number of hydrogen-bond donors (Lipinski definition) is 3. The normalized spacial score (nSPS) is 13.8. The minimum Gasteiger partial charge on any atom is -0.382 e. The molecule has 0 aliphatic carbocycles. The number of halogens is 1. The topological polar surface area (TPSA) is 58.3 Å². The molecule has 4 N–H and O–H groups in total. The van der Waals surface area contributed by atoms with Crippen LogP contribution in [0.5, 0.6) is 0 Å². The second kappa shape index (κ2) is 6.06. The van der Waals surface area contributed by atoms with Crippen molar-refractivity contribution in [2.75, 3.05) is 18.4 Å². The first kappa shape index (κ1) is 13.9. The molecule has 0 aromatic heterocycles. The second-order valence-electron chi connectivity index (χ2n) is 4.46. The number of aliphatic hydroxyl groups is 1. The lowest BCUT2D eigenvalue weighted by Crippen LogP contribution is -2.41. The third-order valence-electron chi connectivity index (χ3n) is 3.08. The molecule has 4 heteroatoms. The van der Waals surface area contributed by atoms with Gasteiger partial charge in [0.05, 0.1) is 0 Å². The van der Waals surface area contributed by atoms with Crippen LogP contribution in [-0.4, -0.2) is 18.2 Å². The van der Waals surface area contributed by atoms with Crippen LogP contribution in [-0.2, 0) is 5.60 Å². The largest absolute Gasteiger partial charge is 0.382 e. The van der Waals surface area contributed by atoms with Gasteiger partial charge < -0.3 is 16.2 Å². The summed E-state index contributed by atoms with van der Waals surface area (Å²) >= 11 is 5.85. The smallest absolute Gasteiger partial charge is 0.119 e. The van der Waals surface area contributed by atoms with Crippen molar-refractivity contribution in [1.29, 1.82) is 0 Å². The van der Waals surface area contributed by atoms with E-state index in [1.165, 1.54) is 0 Å². The summed E-state index contributed by atoms with van der Waals surface area (Å²) in [5.74, 6) is 0. The molecular formula is C15H17ClN2O. The van der Waals surface area contributed by atoms with Crippen molar-refractivity contribution in [3.63, 3.8) is 0 Å². The van der Waals surface area contributed by atoms with Gasteiger partial charge in [-0.1, -0.05) is 41.9 Å². The fourth-order valence-corrected chi connectivity index (χ4v) is 1.98. The zero-order valence-corrected chi connectivity index (χ0v) is 11.3. The molecule has 0 spiro atoms. The van der Waals surface area contributed by atoms with Crippen LogP contribution in [0.3, 0.4) is 0 Å². The first-order valence-corrected chi connectivity index (χ1v) is 6.49. The molecule has 2 rings (SSSR count). The van der Waals surface area contributed by atoms with Gasteiger partial charge in [-0.15, -0.1) is 0 Å². The Kier molecular flexibility index (Phi) is 4.43. The van der Waals surface area contributed by atoms with E-state index in [0.29, 0.717) is 11.6 Å². The highest BCUT2D eigenvalue weighted by molar-refractivity contribution is 6.30. The van der Waals surface area contributed by atoms with Gasteiger partial charge in [-0.05, 0) is 29.8 Å². The SMILES string of the molecule is NC[C@](O)(CNc1ccccc1)c1ccc(Cl)cc1. The fraction of sp³-hybridized carbons (Fsp3) is 0.200. The summed E-state index contributed by atoms with van der Waals surface area (Å²) in [7, 11) is 0. The molecule has 3 nitrogen and oxygen atoms in total. The first-order chi connectivity index (χ1) is 9.14. The summed E-state index contributed by atoms with van der Waals surface area (Å²) in [6.07, 6.45) is 0. The highest BCUT2D eigenvalue weighted by Crippen LogP contribution is 2.22. The van der Waals surface area contributed by atoms with Crippen molar-refractivity contribution in [3.8, 4) is 0 Å². The van der Waals surface area contributed by atoms with E-state index >= 15 is 0 Å². The molecule has 0 heterocycles. The third-order valence-corrected chi connectivity index (χ3v) is 3.33. The second-order valence-corrected chi connectivity index (χ2v) is 4.90. The van der Waals surface area contributed by atoms with Crippen molar-refractivity contribution in [3.05, 3.63) is 65.2 Å². The fourth-order valence-electron chi connectivity index (χ4n) is 1.86. The van der Waals surface area contributed by atoms with Crippen LogP contribution in [0.15, 0.2) is 54.6 Å². The van der Waals surface area contributed by atoms with Crippen LogP contribution in [0.1, 0.15) is 5.56 Å². The molecule has 0 amide bonds. The van der Waals surface area contributed by atoms with Gasteiger partial charge in [0.25, 0.3) is 0 Å². The van der Waals surface area contributed by atoms with Crippen LogP contribution in [0.2, 0.25) is 5.02 Å². The third kappa shape index (κ3) is 3.47. The number of anilines is 1. The van der Waals surface area contributed by atoms with Gasteiger partial charge in [-0.3, -0.25) is 0 Å². The minimum atomic E-state index is -1.11. The Morgan fingerprint density at radius 3 is 2.26 bits per heavy atom. The molecule has 100 valence electrons. The average molecular weight is 277 g/mol. The summed E-state index contributed by atoms with van der Waals surface area (Å²) in [5.41, 5.74) is 6.31. The molecular weight excluding hydrogens is 260 g/mol. The van der Waals surface area contributed by atoms with Gasteiger partial charge in [0.15, 0.2) is 0 Å². The van der Waals surface area contributed by atoms with Gasteiger partial charge in [0.2, 0.25) is 0 Å². The quantitative estimate of drug-likeness (QED) is 0.787. The predicted molar refractivity (Wildman–Crippen MR) is 79.3 cm³/mol. The number of hydrogen-bond acceptors (Lipinski definition) is 3. The first-order valence-electron chi connectivity index (χ1n) is 6.11. The number of nitrogens with two attached hydrogens (primary N) is 1. The zero-order valence-electron chi connectivity index (χ0n) is 10.5. The molecule has 0 radical (unpaired) electrons. The number of para-hydroxylation sites is 1. The van der Waals surface area contributed by atoms with Crippen LogP contribution < -0.4 is 11.1 Å². The van der Waals surface area contributed by atoms with E-state index < -0.39 is 5.60 Å². The van der Waals surface area contributed by atoms with Crippen molar-refractivity contribution >= 4 is 17.3 Å². The zero-order chi connectivity index (χ0) is 13.7. The average Bonchev–Trinajstić information content (AvgIpc) is 2.46. The lowest BCUT2D eigenvalue weighted by Gasteiger charge is -2.28. The maximum Gasteiger partial charge on any atom is 0.119 e. The summed E-state index contributed by atoms with van der Waals surface area (Å²) in [4.78, 5) is 0. The van der Waals surface area contributed by atoms with Crippen LogP contribution in [0, 0.1) is 0 Å². The Hall–Kier alpha value is -1.55. The Bertz CT molecular complexity index is 515. The van der Waals surface area contributed by atoms with Crippen molar-refractivity contribution in [2.45, 2.75) is 5.60 Å². The van der Waals surface area contributed by atoms with Crippen molar-refractivity contribution in [1.82, 2.24) is 0 Å². The lowest BCUT2D eigenvalue weighted by atomic mass is 9.94. The van der Waals surface area contributed by atoms with Gasteiger partial charge in [-0.25, -0.2) is 0 Å². The lowest BCUT2D eigenvalue weighted by molar-refractivity contribution is 0.0600. The van der Waals surface area contributed by atoms with Crippen LogP contribution >= 0.6 is 11.6 Å². The standard InChI is InChI=1S/C15H17ClN2O/c16-13-8-6-12(7-9-13)15(19,10-17)11-18-14-4-2-1-3-5-14/h1-9,18-19H,10-11,17H2/t15-/m0/s1. The van der Waals surface area contributed by atoms with E-state index in [9.17, 15) is 5.11 Å². The van der Waals surface area contributed by atoms with Gasteiger partial charge in [0, 0.05) is 23.8 Å². The summed E-state index contributed by atoms with van der Waals surface area (Å²) in [6.45, 7) is 0.476. The Morgan fingerprint density at radius 1 is 1.05 bits per heavy atom. The Labute approximate surface area is 118 Å². The molecule has 0 saturated carbocycles.